The number of nitrogens with one attached hydrogen (secondary N) is 1. The van der Waals surface area contributed by atoms with E-state index in [1.165, 1.54) is 44.3 Å². The molecule has 2 nitrogen and oxygen atoms in total. The van der Waals surface area contributed by atoms with E-state index in [2.05, 4.69) is 60.3 Å². The van der Waals surface area contributed by atoms with Crippen molar-refractivity contribution >= 4 is 31.9 Å². The molecule has 0 bridgehead atoms. The van der Waals surface area contributed by atoms with Crippen LogP contribution in [0.1, 0.15) is 31.2 Å². The van der Waals surface area contributed by atoms with Crippen LogP contribution in [0.4, 0.5) is 0 Å². The molecule has 4 heteroatoms. The molecule has 2 unspecified atom stereocenters. The second-order valence-electron chi connectivity index (χ2n) is 5.63. The van der Waals surface area contributed by atoms with Crippen LogP contribution in [-0.4, -0.2) is 30.1 Å². The Morgan fingerprint density at radius 1 is 1.16 bits per heavy atom. The molecular weight excluding hydrogens is 368 g/mol. The minimum atomic E-state index is 0.724. The Balaban J connectivity index is 1.69. The van der Waals surface area contributed by atoms with Crippen LogP contribution >= 0.6 is 31.9 Å². The summed E-state index contributed by atoms with van der Waals surface area (Å²) in [6.45, 7) is 3.53. The molecule has 19 heavy (non-hydrogen) atoms. The fourth-order valence-corrected chi connectivity index (χ4v) is 4.09. The van der Waals surface area contributed by atoms with E-state index in [1.807, 2.05) is 0 Å². The maximum Gasteiger partial charge on any atom is 0.0320 e. The van der Waals surface area contributed by atoms with E-state index in [4.69, 9.17) is 0 Å². The number of likely N-dealkylation sites (tertiary alicyclic amines) is 1. The Bertz CT molecular complexity index is 444. The highest BCUT2D eigenvalue weighted by Crippen LogP contribution is 2.28. The highest BCUT2D eigenvalue weighted by Gasteiger charge is 2.32. The van der Waals surface area contributed by atoms with Gasteiger partial charge in [-0.05, 0) is 88.3 Å². The van der Waals surface area contributed by atoms with E-state index in [9.17, 15) is 0 Å². The number of rotatable bonds is 3. The van der Waals surface area contributed by atoms with E-state index in [1.54, 1.807) is 0 Å². The van der Waals surface area contributed by atoms with Gasteiger partial charge in [0, 0.05) is 27.6 Å². The SMILES string of the molecule is Brc1ccc(CN2CCCC2C2CCCN2)cc1Br. The number of nitrogens with zero attached hydrogens (tertiary/aromatic N) is 1. The van der Waals surface area contributed by atoms with Crippen LogP contribution in [0.15, 0.2) is 27.1 Å². The van der Waals surface area contributed by atoms with Gasteiger partial charge in [0.05, 0.1) is 0 Å². The predicted octanol–water partition coefficient (Wildman–Crippen LogP) is 3.93. The molecule has 0 radical (unpaired) electrons. The van der Waals surface area contributed by atoms with Gasteiger partial charge < -0.3 is 5.32 Å². The number of hydrogen-bond donors (Lipinski definition) is 1. The summed E-state index contributed by atoms with van der Waals surface area (Å²) < 4.78 is 2.28. The van der Waals surface area contributed by atoms with E-state index < -0.39 is 0 Å². The molecule has 0 aromatic heterocycles. The molecule has 2 fully saturated rings. The van der Waals surface area contributed by atoms with Gasteiger partial charge in [-0.1, -0.05) is 6.07 Å². The Hall–Kier alpha value is 0.1000. The Labute approximate surface area is 132 Å². The monoisotopic (exact) mass is 386 g/mol. The molecule has 2 aliphatic rings. The first kappa shape index (κ1) is 14.1. The molecular formula is C15H20Br2N2. The molecule has 2 aliphatic heterocycles. The minimum absolute atomic E-state index is 0.724. The van der Waals surface area contributed by atoms with Gasteiger partial charge in [0.1, 0.15) is 0 Å². The highest BCUT2D eigenvalue weighted by molar-refractivity contribution is 9.13. The van der Waals surface area contributed by atoms with E-state index in [0.717, 1.165) is 27.6 Å². The Kier molecular flexibility index (Phi) is 4.62. The molecule has 2 saturated heterocycles. The highest BCUT2D eigenvalue weighted by atomic mass is 79.9. The summed E-state index contributed by atoms with van der Waals surface area (Å²) in [6, 6.07) is 8.07. The van der Waals surface area contributed by atoms with Crippen LogP contribution in [0.3, 0.4) is 0 Å². The molecule has 1 N–H and O–H groups in total. The molecule has 104 valence electrons. The van der Waals surface area contributed by atoms with Crippen LogP contribution in [0.5, 0.6) is 0 Å². The first-order valence-corrected chi connectivity index (χ1v) is 8.74. The van der Waals surface area contributed by atoms with Crippen LogP contribution in [-0.2, 0) is 6.54 Å². The van der Waals surface area contributed by atoms with Crippen molar-refractivity contribution in [1.82, 2.24) is 10.2 Å². The number of benzene rings is 1. The summed E-state index contributed by atoms with van der Waals surface area (Å²) in [5, 5.41) is 3.68. The van der Waals surface area contributed by atoms with Crippen molar-refractivity contribution in [3.63, 3.8) is 0 Å². The smallest absolute Gasteiger partial charge is 0.0320 e. The Morgan fingerprint density at radius 2 is 2.05 bits per heavy atom. The second-order valence-corrected chi connectivity index (χ2v) is 7.34. The van der Waals surface area contributed by atoms with Gasteiger partial charge in [-0.25, -0.2) is 0 Å². The van der Waals surface area contributed by atoms with E-state index in [-0.39, 0.29) is 0 Å². The summed E-state index contributed by atoms with van der Waals surface area (Å²) in [5.41, 5.74) is 1.40. The third-order valence-electron chi connectivity index (χ3n) is 4.35. The molecule has 1 aromatic rings. The van der Waals surface area contributed by atoms with Crippen molar-refractivity contribution in [2.24, 2.45) is 0 Å². The minimum Gasteiger partial charge on any atom is -0.312 e. The first-order chi connectivity index (χ1) is 9.24. The number of halogens is 2. The fourth-order valence-electron chi connectivity index (χ4n) is 3.42. The lowest BCUT2D eigenvalue weighted by Gasteiger charge is -2.29. The average molecular weight is 388 g/mol. The third kappa shape index (κ3) is 3.23. The van der Waals surface area contributed by atoms with Gasteiger partial charge in [-0.15, -0.1) is 0 Å². The van der Waals surface area contributed by atoms with Crippen molar-refractivity contribution < 1.29 is 0 Å². The zero-order chi connectivity index (χ0) is 13.2. The summed E-state index contributed by atoms with van der Waals surface area (Å²) in [4.78, 5) is 2.67. The molecule has 0 spiro atoms. The normalized spacial score (nSPS) is 28.1. The summed E-state index contributed by atoms with van der Waals surface area (Å²) in [5.74, 6) is 0. The van der Waals surface area contributed by atoms with Gasteiger partial charge in [0.15, 0.2) is 0 Å². The predicted molar refractivity (Wildman–Crippen MR) is 86.3 cm³/mol. The standard InChI is InChI=1S/C15H20Br2N2/c16-12-6-5-11(9-13(12)17)10-19-8-2-4-15(19)14-3-1-7-18-14/h5-6,9,14-15,18H,1-4,7-8,10H2. The van der Waals surface area contributed by atoms with Crippen LogP contribution in [0.25, 0.3) is 0 Å². The van der Waals surface area contributed by atoms with Crippen molar-refractivity contribution in [3.8, 4) is 0 Å². The molecule has 1 aromatic carbocycles. The lowest BCUT2D eigenvalue weighted by Crippen LogP contribution is -2.43. The third-order valence-corrected chi connectivity index (χ3v) is 6.23. The summed E-state index contributed by atoms with van der Waals surface area (Å²) in [6.07, 6.45) is 5.40. The van der Waals surface area contributed by atoms with Gasteiger partial charge in [0.2, 0.25) is 0 Å². The topological polar surface area (TPSA) is 15.3 Å². The summed E-state index contributed by atoms with van der Waals surface area (Å²) in [7, 11) is 0. The van der Waals surface area contributed by atoms with Crippen LogP contribution in [0.2, 0.25) is 0 Å². The molecule has 0 amide bonds. The van der Waals surface area contributed by atoms with Crippen LogP contribution < -0.4 is 5.32 Å². The summed E-state index contributed by atoms with van der Waals surface area (Å²) >= 11 is 7.14. The largest absolute Gasteiger partial charge is 0.312 e. The van der Waals surface area contributed by atoms with Gasteiger partial charge in [-0.2, -0.15) is 0 Å². The zero-order valence-electron chi connectivity index (χ0n) is 11.0. The lowest BCUT2D eigenvalue weighted by atomic mass is 10.0. The van der Waals surface area contributed by atoms with E-state index >= 15 is 0 Å². The number of hydrogen-bond acceptors (Lipinski definition) is 2. The quantitative estimate of drug-likeness (QED) is 0.845. The van der Waals surface area contributed by atoms with Crippen molar-refractivity contribution in [3.05, 3.63) is 32.7 Å². The van der Waals surface area contributed by atoms with Gasteiger partial charge >= 0.3 is 0 Å². The fraction of sp³-hybridized carbons (Fsp3) is 0.600. The molecule has 3 rings (SSSR count). The van der Waals surface area contributed by atoms with Gasteiger partial charge in [0.25, 0.3) is 0 Å². The van der Waals surface area contributed by atoms with Gasteiger partial charge in [-0.3, -0.25) is 4.90 Å². The van der Waals surface area contributed by atoms with Crippen LogP contribution in [0, 0.1) is 0 Å². The Morgan fingerprint density at radius 3 is 2.79 bits per heavy atom. The average Bonchev–Trinajstić information content (AvgIpc) is 3.04. The van der Waals surface area contributed by atoms with Crippen molar-refractivity contribution in [2.75, 3.05) is 13.1 Å². The lowest BCUT2D eigenvalue weighted by molar-refractivity contribution is 0.206. The van der Waals surface area contributed by atoms with E-state index in [0.29, 0.717) is 0 Å². The second kappa shape index (κ2) is 6.25. The molecule has 0 saturated carbocycles. The van der Waals surface area contributed by atoms with Crippen molar-refractivity contribution in [1.29, 1.82) is 0 Å². The first-order valence-electron chi connectivity index (χ1n) is 7.15. The van der Waals surface area contributed by atoms with Crippen molar-refractivity contribution in [2.45, 2.75) is 44.3 Å². The molecule has 2 heterocycles. The maximum absolute atomic E-state index is 3.68. The maximum atomic E-state index is 3.68. The molecule has 2 atom stereocenters. The molecule has 0 aliphatic carbocycles. The zero-order valence-corrected chi connectivity index (χ0v) is 14.2.